The van der Waals surface area contributed by atoms with Crippen LogP contribution in [0, 0.1) is 17.4 Å². The summed E-state index contributed by atoms with van der Waals surface area (Å²) < 4.78 is 5.20. The Morgan fingerprint density at radius 1 is 1.29 bits per heavy atom. The molecule has 0 unspecified atom stereocenters. The Bertz CT molecular complexity index is 261. The topological polar surface area (TPSA) is 26.3 Å². The van der Waals surface area contributed by atoms with Crippen molar-refractivity contribution in [3.63, 3.8) is 0 Å². The summed E-state index contributed by atoms with van der Waals surface area (Å²) in [7, 11) is -1.40. The van der Waals surface area contributed by atoms with Crippen molar-refractivity contribution < 1.29 is 9.53 Å². The third-order valence-corrected chi connectivity index (χ3v) is 3.03. The number of hydrogen-bond donors (Lipinski definition) is 0. The van der Waals surface area contributed by atoms with Gasteiger partial charge in [0.15, 0.2) is 0 Å². The summed E-state index contributed by atoms with van der Waals surface area (Å²) in [6.07, 6.45) is 1.69. The number of carbonyl (C=O) groups excluding carboxylic acids is 1. The summed E-state index contributed by atoms with van der Waals surface area (Å²) in [4.78, 5) is 11.6. The highest BCUT2D eigenvalue weighted by molar-refractivity contribution is 6.84. The second-order valence-electron chi connectivity index (χ2n) is 4.75. The summed E-state index contributed by atoms with van der Waals surface area (Å²) in [6.45, 7) is 7.88. The molecule has 0 N–H and O–H groups in total. The zero-order valence-electron chi connectivity index (χ0n) is 9.22. The fraction of sp³-hybridized carbons (Fsp3) is 0.727. The van der Waals surface area contributed by atoms with Crippen LogP contribution in [0.2, 0.25) is 19.6 Å². The van der Waals surface area contributed by atoms with E-state index in [1.165, 1.54) is 0 Å². The fourth-order valence-corrected chi connectivity index (χ4v) is 1.81. The summed E-state index contributed by atoms with van der Waals surface area (Å²) in [5, 5.41) is 0. The van der Waals surface area contributed by atoms with E-state index < -0.39 is 8.07 Å². The minimum Gasteiger partial charge on any atom is -0.381 e. The third-order valence-electron chi connectivity index (χ3n) is 2.15. The van der Waals surface area contributed by atoms with Crippen molar-refractivity contribution in [2.45, 2.75) is 32.5 Å². The molecule has 0 atom stereocenters. The highest BCUT2D eigenvalue weighted by Crippen LogP contribution is 2.15. The highest BCUT2D eigenvalue weighted by atomic mass is 28.3. The Labute approximate surface area is 87.0 Å². The first-order chi connectivity index (χ1) is 6.49. The van der Waals surface area contributed by atoms with Gasteiger partial charge in [0.05, 0.1) is 0 Å². The lowest BCUT2D eigenvalue weighted by atomic mass is 9.96. The largest absolute Gasteiger partial charge is 0.381 e. The molecular weight excluding hydrogens is 192 g/mol. The molecule has 0 aliphatic carbocycles. The zero-order valence-corrected chi connectivity index (χ0v) is 10.2. The number of Topliss-reactive ketones (excluding diaryl/α,β-unsaturated/α-hetero) is 1. The molecule has 78 valence electrons. The molecule has 2 nitrogen and oxygen atoms in total. The van der Waals surface area contributed by atoms with E-state index in [0.29, 0.717) is 13.2 Å². The normalized spacial score (nSPS) is 18.5. The molecule has 0 spiro atoms. The van der Waals surface area contributed by atoms with Crippen LogP contribution < -0.4 is 0 Å². The monoisotopic (exact) mass is 210 g/mol. The van der Waals surface area contributed by atoms with E-state index in [1.807, 2.05) is 0 Å². The predicted molar refractivity (Wildman–Crippen MR) is 59.7 cm³/mol. The van der Waals surface area contributed by atoms with Crippen LogP contribution in [0.5, 0.6) is 0 Å². The second-order valence-corrected chi connectivity index (χ2v) is 9.50. The SMILES string of the molecule is C[Si](C)(C)C#CC(=O)C1CCOCC1. The number of hydrogen-bond acceptors (Lipinski definition) is 2. The van der Waals surface area contributed by atoms with Crippen molar-refractivity contribution in [2.75, 3.05) is 13.2 Å². The summed E-state index contributed by atoms with van der Waals surface area (Å²) in [5.74, 6) is 3.06. The van der Waals surface area contributed by atoms with Gasteiger partial charge in [0.1, 0.15) is 8.07 Å². The summed E-state index contributed by atoms with van der Waals surface area (Å²) >= 11 is 0. The van der Waals surface area contributed by atoms with E-state index in [-0.39, 0.29) is 11.7 Å². The number of ketones is 1. The summed E-state index contributed by atoms with van der Waals surface area (Å²) in [5.41, 5.74) is 3.12. The second kappa shape index (κ2) is 4.76. The molecule has 0 saturated carbocycles. The van der Waals surface area contributed by atoms with E-state index in [4.69, 9.17) is 4.74 Å². The first-order valence-electron chi connectivity index (χ1n) is 5.14. The van der Waals surface area contributed by atoms with Crippen LogP contribution in [0.3, 0.4) is 0 Å². The van der Waals surface area contributed by atoms with E-state index in [2.05, 4.69) is 31.1 Å². The molecule has 14 heavy (non-hydrogen) atoms. The van der Waals surface area contributed by atoms with Crippen molar-refractivity contribution in [2.24, 2.45) is 5.92 Å². The molecule has 1 aliphatic rings. The van der Waals surface area contributed by atoms with Crippen LogP contribution in [0.1, 0.15) is 12.8 Å². The molecule has 1 heterocycles. The maximum absolute atomic E-state index is 11.6. The van der Waals surface area contributed by atoms with Gasteiger partial charge in [0, 0.05) is 19.1 Å². The molecule has 3 heteroatoms. The zero-order chi connectivity index (χ0) is 10.6. The van der Waals surface area contributed by atoms with Gasteiger partial charge in [-0.3, -0.25) is 4.79 Å². The van der Waals surface area contributed by atoms with Crippen molar-refractivity contribution in [3.8, 4) is 11.5 Å². The maximum atomic E-state index is 11.6. The van der Waals surface area contributed by atoms with Gasteiger partial charge in [-0.1, -0.05) is 19.6 Å². The van der Waals surface area contributed by atoms with E-state index >= 15 is 0 Å². The van der Waals surface area contributed by atoms with Gasteiger partial charge in [-0.2, -0.15) is 0 Å². The Hall–Kier alpha value is -0.593. The fourth-order valence-electron chi connectivity index (χ4n) is 1.31. The predicted octanol–water partition coefficient (Wildman–Crippen LogP) is 1.86. The van der Waals surface area contributed by atoms with E-state index in [1.54, 1.807) is 0 Å². The lowest BCUT2D eigenvalue weighted by molar-refractivity contribution is -0.120. The first-order valence-corrected chi connectivity index (χ1v) is 8.64. The van der Waals surface area contributed by atoms with Gasteiger partial charge in [-0.05, 0) is 18.8 Å². The Morgan fingerprint density at radius 3 is 2.36 bits per heavy atom. The minimum absolute atomic E-state index is 0.121. The van der Waals surface area contributed by atoms with Crippen LogP contribution in [0.4, 0.5) is 0 Å². The molecule has 0 aromatic rings. The average Bonchev–Trinajstić information content (AvgIpc) is 2.14. The van der Waals surface area contributed by atoms with Gasteiger partial charge < -0.3 is 4.74 Å². The quantitative estimate of drug-likeness (QED) is 0.488. The van der Waals surface area contributed by atoms with Crippen molar-refractivity contribution in [3.05, 3.63) is 0 Å². The van der Waals surface area contributed by atoms with Gasteiger partial charge in [0.2, 0.25) is 5.78 Å². The maximum Gasteiger partial charge on any atom is 0.208 e. The van der Waals surface area contributed by atoms with E-state index in [0.717, 1.165) is 12.8 Å². The molecule has 1 aliphatic heterocycles. The number of rotatable bonds is 1. The molecule has 1 rings (SSSR count). The van der Waals surface area contributed by atoms with Gasteiger partial charge >= 0.3 is 0 Å². The smallest absolute Gasteiger partial charge is 0.208 e. The van der Waals surface area contributed by atoms with Gasteiger partial charge in [0.25, 0.3) is 0 Å². The standard InChI is InChI=1S/C11H18O2Si/c1-14(2,3)9-6-11(12)10-4-7-13-8-5-10/h10H,4-5,7-8H2,1-3H3. The molecular formula is C11H18O2Si. The van der Waals surface area contributed by atoms with Gasteiger partial charge in [-0.25, -0.2) is 0 Å². The number of ether oxygens (including phenoxy) is 1. The first kappa shape index (κ1) is 11.5. The Morgan fingerprint density at radius 2 is 1.86 bits per heavy atom. The molecule has 1 fully saturated rings. The minimum atomic E-state index is -1.40. The van der Waals surface area contributed by atoms with E-state index in [9.17, 15) is 4.79 Å². The molecule has 0 bridgehead atoms. The highest BCUT2D eigenvalue weighted by Gasteiger charge is 2.20. The Kier molecular flexibility index (Phi) is 3.91. The Balaban J connectivity index is 2.51. The van der Waals surface area contributed by atoms with Crippen LogP contribution in [-0.4, -0.2) is 27.1 Å². The molecule has 1 saturated heterocycles. The van der Waals surface area contributed by atoms with Crippen molar-refractivity contribution in [1.29, 1.82) is 0 Å². The van der Waals surface area contributed by atoms with Crippen LogP contribution >= 0.6 is 0 Å². The number of carbonyl (C=O) groups is 1. The van der Waals surface area contributed by atoms with Crippen molar-refractivity contribution in [1.82, 2.24) is 0 Å². The lowest BCUT2D eigenvalue weighted by Gasteiger charge is -2.18. The third kappa shape index (κ3) is 4.08. The van der Waals surface area contributed by atoms with Crippen LogP contribution in [0.15, 0.2) is 0 Å². The van der Waals surface area contributed by atoms with Crippen LogP contribution in [0.25, 0.3) is 0 Å². The van der Waals surface area contributed by atoms with Gasteiger partial charge in [-0.15, -0.1) is 5.54 Å². The molecule has 0 radical (unpaired) electrons. The lowest BCUT2D eigenvalue weighted by Crippen LogP contribution is -2.23. The molecule has 0 amide bonds. The van der Waals surface area contributed by atoms with Crippen molar-refractivity contribution >= 4 is 13.9 Å². The molecule has 0 aromatic heterocycles. The van der Waals surface area contributed by atoms with Crippen LogP contribution in [-0.2, 0) is 9.53 Å². The molecule has 0 aromatic carbocycles. The summed E-state index contributed by atoms with van der Waals surface area (Å²) in [6, 6.07) is 0. The average molecular weight is 210 g/mol.